The summed E-state index contributed by atoms with van der Waals surface area (Å²) in [5, 5.41) is 1.07. The van der Waals surface area contributed by atoms with Gasteiger partial charge < -0.3 is 4.90 Å². The first kappa shape index (κ1) is 12.7. The van der Waals surface area contributed by atoms with Gasteiger partial charge in [0.15, 0.2) is 0 Å². The number of hydrogen-bond acceptors (Lipinski definition) is 3. The Morgan fingerprint density at radius 2 is 2.29 bits per heavy atom. The molecule has 1 aromatic heterocycles. The van der Waals surface area contributed by atoms with E-state index in [1.54, 1.807) is 19.2 Å². The van der Waals surface area contributed by atoms with E-state index in [-0.39, 0.29) is 11.7 Å². The van der Waals surface area contributed by atoms with Crippen molar-refractivity contribution in [3.63, 3.8) is 0 Å². The summed E-state index contributed by atoms with van der Waals surface area (Å²) >= 11 is 11.9. The first-order chi connectivity index (χ1) is 8.08. The van der Waals surface area contributed by atoms with E-state index in [9.17, 15) is 4.79 Å². The zero-order chi connectivity index (χ0) is 12.4. The predicted molar refractivity (Wildman–Crippen MR) is 69.9 cm³/mol. The minimum Gasteiger partial charge on any atom is -0.355 e. The Morgan fingerprint density at radius 3 is 2.94 bits per heavy atom. The summed E-state index contributed by atoms with van der Waals surface area (Å²) in [6.45, 7) is 3.23. The van der Waals surface area contributed by atoms with E-state index in [1.165, 1.54) is 0 Å². The lowest BCUT2D eigenvalue weighted by atomic mass is 9.94. The number of piperidine rings is 1. The van der Waals surface area contributed by atoms with E-state index in [2.05, 4.69) is 9.88 Å². The number of aromatic nitrogens is 1. The highest BCUT2D eigenvalue weighted by molar-refractivity contribution is 6.36. The van der Waals surface area contributed by atoms with Crippen LogP contribution in [0.2, 0.25) is 10.0 Å². The molecule has 0 N–H and O–H groups in total. The van der Waals surface area contributed by atoms with Crippen molar-refractivity contribution in [3.05, 3.63) is 22.3 Å². The lowest BCUT2D eigenvalue weighted by molar-refractivity contribution is -0.120. The monoisotopic (exact) mass is 272 g/mol. The Labute approximate surface area is 111 Å². The molecule has 17 heavy (non-hydrogen) atoms. The van der Waals surface area contributed by atoms with Crippen molar-refractivity contribution in [2.75, 3.05) is 18.0 Å². The second-order valence-electron chi connectivity index (χ2n) is 4.35. The van der Waals surface area contributed by atoms with Crippen molar-refractivity contribution in [2.24, 2.45) is 5.92 Å². The number of halogens is 2. The largest absolute Gasteiger partial charge is 0.355 e. The zero-order valence-electron chi connectivity index (χ0n) is 9.62. The highest BCUT2D eigenvalue weighted by Gasteiger charge is 2.25. The molecule has 1 aromatic rings. The average molecular weight is 273 g/mol. The maximum atomic E-state index is 11.4. The van der Waals surface area contributed by atoms with Crippen molar-refractivity contribution in [1.82, 2.24) is 4.98 Å². The first-order valence-electron chi connectivity index (χ1n) is 5.64. The smallest absolute Gasteiger partial charge is 0.147 e. The number of pyridine rings is 1. The molecule has 1 fully saturated rings. The molecule has 2 heterocycles. The van der Waals surface area contributed by atoms with Crippen molar-refractivity contribution in [2.45, 2.75) is 19.8 Å². The van der Waals surface area contributed by atoms with Gasteiger partial charge in [-0.15, -0.1) is 0 Å². The molecule has 1 atom stereocenters. The van der Waals surface area contributed by atoms with Crippen LogP contribution in [0.3, 0.4) is 0 Å². The summed E-state index contributed by atoms with van der Waals surface area (Å²) in [6, 6.07) is 1.68. The second kappa shape index (κ2) is 5.23. The fourth-order valence-corrected chi connectivity index (χ4v) is 2.64. The van der Waals surface area contributed by atoms with E-state index in [0.717, 1.165) is 25.2 Å². The molecule has 5 heteroatoms. The molecular formula is C12H14Cl2N2O. The number of Topliss-reactive ketones (excluding diaryl/α,β-unsaturated/α-hetero) is 1. The van der Waals surface area contributed by atoms with Gasteiger partial charge in [-0.25, -0.2) is 4.98 Å². The van der Waals surface area contributed by atoms with Gasteiger partial charge in [0.05, 0.1) is 10.0 Å². The summed E-state index contributed by atoms with van der Waals surface area (Å²) in [7, 11) is 0. The van der Waals surface area contributed by atoms with Gasteiger partial charge in [-0.2, -0.15) is 0 Å². The Kier molecular flexibility index (Phi) is 3.89. The lowest BCUT2D eigenvalue weighted by Gasteiger charge is -2.32. The fourth-order valence-electron chi connectivity index (χ4n) is 2.14. The Hall–Kier alpha value is -0.800. The van der Waals surface area contributed by atoms with E-state index < -0.39 is 0 Å². The Balaban J connectivity index is 2.19. The van der Waals surface area contributed by atoms with Crippen LogP contribution in [0.15, 0.2) is 12.3 Å². The van der Waals surface area contributed by atoms with Gasteiger partial charge in [0.1, 0.15) is 11.6 Å². The molecule has 1 saturated heterocycles. The fraction of sp³-hybridized carbons (Fsp3) is 0.500. The molecule has 1 unspecified atom stereocenters. The number of ketones is 1. The normalized spacial score (nSPS) is 20.4. The van der Waals surface area contributed by atoms with Crippen molar-refractivity contribution >= 4 is 34.8 Å². The van der Waals surface area contributed by atoms with Crippen LogP contribution in [-0.4, -0.2) is 23.9 Å². The Bertz CT molecular complexity index is 437. The average Bonchev–Trinajstić information content (AvgIpc) is 2.29. The molecule has 1 aliphatic heterocycles. The SMILES string of the molecule is CC(=O)C1CCCN(c2ncc(Cl)cc2Cl)C1. The minimum atomic E-state index is 0.0947. The maximum Gasteiger partial charge on any atom is 0.147 e. The number of anilines is 1. The van der Waals surface area contributed by atoms with Crippen molar-refractivity contribution in [1.29, 1.82) is 0 Å². The second-order valence-corrected chi connectivity index (χ2v) is 5.20. The van der Waals surface area contributed by atoms with Gasteiger partial charge in [-0.3, -0.25) is 4.79 Å². The summed E-state index contributed by atoms with van der Waals surface area (Å²) in [4.78, 5) is 17.7. The van der Waals surface area contributed by atoms with Gasteiger partial charge in [-0.1, -0.05) is 23.2 Å². The van der Waals surface area contributed by atoms with Crippen LogP contribution in [0.1, 0.15) is 19.8 Å². The van der Waals surface area contributed by atoms with E-state index in [4.69, 9.17) is 23.2 Å². The molecule has 0 aromatic carbocycles. The van der Waals surface area contributed by atoms with Crippen molar-refractivity contribution in [3.8, 4) is 0 Å². The number of hydrogen-bond donors (Lipinski definition) is 0. The van der Waals surface area contributed by atoms with Gasteiger partial charge in [0.25, 0.3) is 0 Å². The van der Waals surface area contributed by atoms with E-state index in [0.29, 0.717) is 16.6 Å². The molecule has 0 amide bonds. The summed E-state index contributed by atoms with van der Waals surface area (Å²) in [5.41, 5.74) is 0. The zero-order valence-corrected chi connectivity index (χ0v) is 11.1. The van der Waals surface area contributed by atoms with Gasteiger partial charge in [0.2, 0.25) is 0 Å². The molecule has 92 valence electrons. The highest BCUT2D eigenvalue weighted by atomic mass is 35.5. The number of carbonyl (C=O) groups excluding carboxylic acids is 1. The van der Waals surface area contributed by atoms with Gasteiger partial charge >= 0.3 is 0 Å². The van der Waals surface area contributed by atoms with Gasteiger partial charge in [-0.05, 0) is 25.8 Å². The van der Waals surface area contributed by atoms with Crippen molar-refractivity contribution < 1.29 is 4.79 Å². The third kappa shape index (κ3) is 2.90. The third-order valence-electron chi connectivity index (χ3n) is 3.08. The van der Waals surface area contributed by atoms with Crippen LogP contribution in [0.25, 0.3) is 0 Å². The molecule has 1 aliphatic rings. The summed E-state index contributed by atoms with van der Waals surface area (Å²) < 4.78 is 0. The molecule has 0 saturated carbocycles. The third-order valence-corrected chi connectivity index (χ3v) is 3.57. The molecule has 0 bridgehead atoms. The quantitative estimate of drug-likeness (QED) is 0.829. The Morgan fingerprint density at radius 1 is 1.53 bits per heavy atom. The summed E-state index contributed by atoms with van der Waals surface area (Å²) in [6.07, 6.45) is 3.53. The van der Waals surface area contributed by atoms with E-state index >= 15 is 0 Å². The van der Waals surface area contributed by atoms with Crippen LogP contribution < -0.4 is 4.90 Å². The van der Waals surface area contributed by atoms with Crippen LogP contribution in [-0.2, 0) is 4.79 Å². The standard InChI is InChI=1S/C12H14Cl2N2O/c1-8(17)9-3-2-4-16(7-9)12-11(14)5-10(13)6-15-12/h5-6,9H,2-4,7H2,1H3. The molecular weight excluding hydrogens is 259 g/mol. The van der Waals surface area contributed by atoms with Gasteiger partial charge in [0, 0.05) is 25.2 Å². The highest BCUT2D eigenvalue weighted by Crippen LogP contribution is 2.29. The summed E-state index contributed by atoms with van der Waals surface area (Å²) in [5.74, 6) is 1.05. The predicted octanol–water partition coefficient (Wildman–Crippen LogP) is 3.19. The molecule has 0 spiro atoms. The van der Waals surface area contributed by atoms with Crippen LogP contribution in [0.4, 0.5) is 5.82 Å². The number of carbonyl (C=O) groups is 1. The van der Waals surface area contributed by atoms with E-state index in [1.807, 2.05) is 0 Å². The van der Waals surface area contributed by atoms with Crippen LogP contribution >= 0.6 is 23.2 Å². The molecule has 3 nitrogen and oxygen atoms in total. The molecule has 2 rings (SSSR count). The lowest BCUT2D eigenvalue weighted by Crippen LogP contribution is -2.38. The number of rotatable bonds is 2. The topological polar surface area (TPSA) is 33.2 Å². The maximum absolute atomic E-state index is 11.4. The molecule has 0 aliphatic carbocycles. The first-order valence-corrected chi connectivity index (χ1v) is 6.40. The number of nitrogens with zero attached hydrogens (tertiary/aromatic N) is 2. The van der Waals surface area contributed by atoms with Crippen LogP contribution in [0, 0.1) is 5.92 Å². The minimum absolute atomic E-state index is 0.0947. The molecule has 0 radical (unpaired) electrons. The van der Waals surface area contributed by atoms with Crippen LogP contribution in [0.5, 0.6) is 0 Å².